The van der Waals surface area contributed by atoms with E-state index in [1.165, 1.54) is 0 Å². The molecule has 1 aromatic heterocycles. The van der Waals surface area contributed by atoms with Crippen molar-refractivity contribution < 1.29 is 23.1 Å². The smallest absolute Gasteiger partial charge is 0.338 e. The standard InChI is InChI=1S/C13H12F2N2O3/c1-2-7-5-17-10(20-7)6-16-9-4-3-8(13(18)19)11(14)12(9)15/h3-5,16H,2,6H2,1H3,(H,18,19). The normalized spacial score (nSPS) is 10.6. The van der Waals surface area contributed by atoms with Crippen molar-refractivity contribution in [1.82, 2.24) is 4.98 Å². The van der Waals surface area contributed by atoms with Gasteiger partial charge in [0.15, 0.2) is 11.6 Å². The molecule has 0 fully saturated rings. The highest BCUT2D eigenvalue weighted by Gasteiger charge is 2.18. The Morgan fingerprint density at radius 2 is 2.15 bits per heavy atom. The van der Waals surface area contributed by atoms with Gasteiger partial charge in [0.1, 0.15) is 5.76 Å². The maximum Gasteiger partial charge on any atom is 0.338 e. The molecule has 2 aromatic rings. The highest BCUT2D eigenvalue weighted by Crippen LogP contribution is 2.21. The van der Waals surface area contributed by atoms with E-state index in [1.54, 1.807) is 6.20 Å². The lowest BCUT2D eigenvalue weighted by Crippen LogP contribution is -2.07. The minimum Gasteiger partial charge on any atom is -0.478 e. The molecule has 20 heavy (non-hydrogen) atoms. The number of aryl methyl sites for hydroxylation is 1. The summed E-state index contributed by atoms with van der Waals surface area (Å²) >= 11 is 0. The minimum absolute atomic E-state index is 0.0722. The lowest BCUT2D eigenvalue weighted by atomic mass is 10.2. The fourth-order valence-corrected chi connectivity index (χ4v) is 1.62. The quantitative estimate of drug-likeness (QED) is 0.882. The van der Waals surface area contributed by atoms with Gasteiger partial charge in [0, 0.05) is 6.42 Å². The molecule has 0 radical (unpaired) electrons. The minimum atomic E-state index is -1.52. The molecule has 7 heteroatoms. The Morgan fingerprint density at radius 1 is 1.40 bits per heavy atom. The van der Waals surface area contributed by atoms with Gasteiger partial charge in [-0.1, -0.05) is 6.92 Å². The van der Waals surface area contributed by atoms with Gasteiger partial charge < -0.3 is 14.8 Å². The van der Waals surface area contributed by atoms with Crippen LogP contribution in [0.25, 0.3) is 0 Å². The van der Waals surface area contributed by atoms with Crippen molar-refractivity contribution >= 4 is 11.7 Å². The summed E-state index contributed by atoms with van der Waals surface area (Å²) in [4.78, 5) is 14.6. The molecule has 2 N–H and O–H groups in total. The van der Waals surface area contributed by atoms with Crippen molar-refractivity contribution in [3.63, 3.8) is 0 Å². The maximum atomic E-state index is 13.6. The molecular weight excluding hydrogens is 270 g/mol. The lowest BCUT2D eigenvalue weighted by Gasteiger charge is -2.07. The van der Waals surface area contributed by atoms with E-state index in [0.29, 0.717) is 18.1 Å². The van der Waals surface area contributed by atoms with Crippen LogP contribution in [0.1, 0.15) is 28.9 Å². The summed E-state index contributed by atoms with van der Waals surface area (Å²) in [6.07, 6.45) is 2.24. The molecule has 0 bridgehead atoms. The van der Waals surface area contributed by atoms with Crippen molar-refractivity contribution in [2.24, 2.45) is 0 Å². The highest BCUT2D eigenvalue weighted by molar-refractivity contribution is 5.88. The van der Waals surface area contributed by atoms with Crippen LogP contribution >= 0.6 is 0 Å². The Labute approximate surface area is 113 Å². The van der Waals surface area contributed by atoms with Gasteiger partial charge in [-0.05, 0) is 12.1 Å². The third-order valence-electron chi connectivity index (χ3n) is 2.69. The van der Waals surface area contributed by atoms with Gasteiger partial charge in [0.05, 0.1) is 24.0 Å². The largest absolute Gasteiger partial charge is 0.478 e. The van der Waals surface area contributed by atoms with E-state index in [0.717, 1.165) is 12.1 Å². The number of carbonyl (C=O) groups is 1. The van der Waals surface area contributed by atoms with E-state index in [1.807, 2.05) is 6.92 Å². The van der Waals surface area contributed by atoms with E-state index in [9.17, 15) is 13.6 Å². The molecule has 0 amide bonds. The fourth-order valence-electron chi connectivity index (χ4n) is 1.62. The number of aromatic nitrogens is 1. The van der Waals surface area contributed by atoms with Gasteiger partial charge in [-0.2, -0.15) is 0 Å². The molecule has 0 saturated carbocycles. The zero-order valence-electron chi connectivity index (χ0n) is 10.6. The number of rotatable bonds is 5. The van der Waals surface area contributed by atoms with Gasteiger partial charge in [-0.3, -0.25) is 0 Å². The van der Waals surface area contributed by atoms with Gasteiger partial charge in [-0.25, -0.2) is 18.6 Å². The number of aromatic carboxylic acids is 1. The summed E-state index contributed by atoms with van der Waals surface area (Å²) in [7, 11) is 0. The first-order chi connectivity index (χ1) is 9.52. The van der Waals surface area contributed by atoms with E-state index in [-0.39, 0.29) is 12.2 Å². The Hall–Kier alpha value is -2.44. The Kier molecular flexibility index (Phi) is 3.97. The third kappa shape index (κ3) is 2.76. The Morgan fingerprint density at radius 3 is 2.75 bits per heavy atom. The van der Waals surface area contributed by atoms with Crippen molar-refractivity contribution in [1.29, 1.82) is 0 Å². The number of oxazole rings is 1. The summed E-state index contributed by atoms with van der Waals surface area (Å²) in [6, 6.07) is 2.15. The van der Waals surface area contributed by atoms with Crippen molar-refractivity contribution in [3.05, 3.63) is 47.2 Å². The fraction of sp³-hybridized carbons (Fsp3) is 0.231. The van der Waals surface area contributed by atoms with Crippen LogP contribution in [-0.4, -0.2) is 16.1 Å². The average molecular weight is 282 g/mol. The summed E-state index contributed by atoms with van der Waals surface area (Å²) in [6.45, 7) is 1.97. The van der Waals surface area contributed by atoms with E-state index in [4.69, 9.17) is 9.52 Å². The molecule has 0 aliphatic carbocycles. The van der Waals surface area contributed by atoms with Crippen LogP contribution in [-0.2, 0) is 13.0 Å². The number of anilines is 1. The monoisotopic (exact) mass is 282 g/mol. The number of carboxylic acids is 1. The van der Waals surface area contributed by atoms with Gasteiger partial charge in [0.25, 0.3) is 0 Å². The molecule has 0 atom stereocenters. The molecule has 0 aliphatic rings. The molecule has 0 spiro atoms. The number of carboxylic acid groups (broad SMARTS) is 1. The molecule has 0 unspecified atom stereocenters. The van der Waals surface area contributed by atoms with Crippen molar-refractivity contribution in [2.75, 3.05) is 5.32 Å². The van der Waals surface area contributed by atoms with Crippen molar-refractivity contribution in [2.45, 2.75) is 19.9 Å². The topological polar surface area (TPSA) is 75.4 Å². The first kappa shape index (κ1) is 14.0. The molecule has 0 saturated heterocycles. The second kappa shape index (κ2) is 5.68. The molecule has 2 rings (SSSR count). The number of halogens is 2. The van der Waals surface area contributed by atoms with Crippen LogP contribution in [0.5, 0.6) is 0 Å². The zero-order chi connectivity index (χ0) is 14.7. The van der Waals surface area contributed by atoms with E-state index < -0.39 is 23.2 Å². The summed E-state index contributed by atoms with van der Waals surface area (Å²) in [5.41, 5.74) is -0.860. The Balaban J connectivity index is 2.14. The van der Waals surface area contributed by atoms with Crippen LogP contribution in [0, 0.1) is 11.6 Å². The second-order valence-corrected chi connectivity index (χ2v) is 4.02. The summed E-state index contributed by atoms with van der Waals surface area (Å²) in [5.74, 6) is -3.14. The summed E-state index contributed by atoms with van der Waals surface area (Å²) in [5, 5.41) is 11.3. The maximum absolute atomic E-state index is 13.6. The van der Waals surface area contributed by atoms with Crippen LogP contribution < -0.4 is 5.32 Å². The second-order valence-electron chi connectivity index (χ2n) is 4.02. The molecule has 5 nitrogen and oxygen atoms in total. The number of hydrogen-bond acceptors (Lipinski definition) is 4. The van der Waals surface area contributed by atoms with Crippen LogP contribution in [0.15, 0.2) is 22.7 Å². The highest BCUT2D eigenvalue weighted by atomic mass is 19.2. The van der Waals surface area contributed by atoms with E-state index in [2.05, 4.69) is 10.3 Å². The molecule has 106 valence electrons. The van der Waals surface area contributed by atoms with Crippen LogP contribution in [0.2, 0.25) is 0 Å². The van der Waals surface area contributed by atoms with Crippen LogP contribution in [0.3, 0.4) is 0 Å². The molecule has 1 heterocycles. The Bertz CT molecular complexity index is 641. The number of benzene rings is 1. The van der Waals surface area contributed by atoms with Gasteiger partial charge >= 0.3 is 5.97 Å². The predicted molar refractivity (Wildman–Crippen MR) is 66.5 cm³/mol. The first-order valence-corrected chi connectivity index (χ1v) is 5.91. The first-order valence-electron chi connectivity index (χ1n) is 5.91. The third-order valence-corrected chi connectivity index (χ3v) is 2.69. The zero-order valence-corrected chi connectivity index (χ0v) is 10.6. The van der Waals surface area contributed by atoms with Crippen LogP contribution in [0.4, 0.5) is 14.5 Å². The van der Waals surface area contributed by atoms with E-state index >= 15 is 0 Å². The lowest BCUT2D eigenvalue weighted by molar-refractivity contribution is 0.0690. The SMILES string of the molecule is CCc1cnc(CNc2ccc(C(=O)O)c(F)c2F)o1. The van der Waals surface area contributed by atoms with Gasteiger partial charge in [0.2, 0.25) is 5.89 Å². The molecular formula is C13H12F2N2O3. The average Bonchev–Trinajstić information content (AvgIpc) is 2.88. The number of hydrogen-bond donors (Lipinski definition) is 2. The number of nitrogens with zero attached hydrogens (tertiary/aromatic N) is 1. The van der Waals surface area contributed by atoms with Crippen molar-refractivity contribution in [3.8, 4) is 0 Å². The molecule has 1 aromatic carbocycles. The predicted octanol–water partition coefficient (Wildman–Crippen LogP) is 2.83. The molecule has 0 aliphatic heterocycles. The van der Waals surface area contributed by atoms with Gasteiger partial charge in [-0.15, -0.1) is 0 Å². The number of nitrogens with one attached hydrogen (secondary N) is 1. The summed E-state index contributed by atoms with van der Waals surface area (Å²) < 4.78 is 32.4.